The molecule has 4 nitrogen and oxygen atoms in total. The van der Waals surface area contributed by atoms with E-state index in [0.717, 1.165) is 29.9 Å². The molecule has 0 saturated heterocycles. The smallest absolute Gasteiger partial charge is 0.222 e. The molecule has 3 aliphatic rings. The zero-order valence-electron chi connectivity index (χ0n) is 18.4. The SMILES string of the molecule is C=CC[C@@H]1[C@@H](O[C@@H]2CCCC[C@H]2c2ccccc2)O[N+]([O-])=C(C)[C@@H]1C1CCCCC1. The Hall–Kier alpha value is -1.81. The predicted octanol–water partition coefficient (Wildman–Crippen LogP) is 6.36. The molecule has 30 heavy (non-hydrogen) atoms. The second-order valence-corrected chi connectivity index (χ2v) is 9.46. The Morgan fingerprint density at radius 3 is 2.50 bits per heavy atom. The Morgan fingerprint density at radius 2 is 1.77 bits per heavy atom. The van der Waals surface area contributed by atoms with Crippen molar-refractivity contribution in [2.75, 3.05) is 0 Å². The Balaban J connectivity index is 1.57. The third kappa shape index (κ3) is 4.59. The molecule has 4 rings (SSSR count). The summed E-state index contributed by atoms with van der Waals surface area (Å²) in [6, 6.07) is 10.7. The van der Waals surface area contributed by atoms with E-state index in [1.165, 1.54) is 50.5 Å². The van der Waals surface area contributed by atoms with Crippen LogP contribution in [-0.4, -0.2) is 23.0 Å². The summed E-state index contributed by atoms with van der Waals surface area (Å²) >= 11 is 0. The van der Waals surface area contributed by atoms with Crippen LogP contribution in [0.5, 0.6) is 0 Å². The highest BCUT2D eigenvalue weighted by Gasteiger charge is 2.45. The third-order valence-electron chi connectivity index (χ3n) is 7.62. The molecule has 1 aliphatic heterocycles. The van der Waals surface area contributed by atoms with E-state index in [0.29, 0.717) is 11.8 Å². The Labute approximate surface area is 181 Å². The van der Waals surface area contributed by atoms with Gasteiger partial charge in [0.05, 0.1) is 12.0 Å². The maximum absolute atomic E-state index is 12.8. The lowest BCUT2D eigenvalue weighted by molar-refractivity contribution is -0.778. The second kappa shape index (κ2) is 10.00. The van der Waals surface area contributed by atoms with E-state index < -0.39 is 6.29 Å². The van der Waals surface area contributed by atoms with Crippen molar-refractivity contribution in [3.05, 3.63) is 53.8 Å². The first-order valence-corrected chi connectivity index (χ1v) is 12.0. The van der Waals surface area contributed by atoms with Gasteiger partial charge in [-0.3, -0.25) is 5.21 Å². The van der Waals surface area contributed by atoms with Crippen molar-refractivity contribution in [1.82, 2.24) is 0 Å². The largest absolute Gasteiger partial charge is 0.372 e. The highest BCUT2D eigenvalue weighted by molar-refractivity contribution is 5.80. The van der Waals surface area contributed by atoms with Crippen LogP contribution in [0.25, 0.3) is 0 Å². The second-order valence-electron chi connectivity index (χ2n) is 9.46. The number of hydrogen-bond acceptors (Lipinski definition) is 3. The van der Waals surface area contributed by atoms with Crippen LogP contribution in [0.1, 0.15) is 82.6 Å². The quantitative estimate of drug-likeness (QED) is 0.404. The minimum atomic E-state index is -0.495. The molecular weight excluding hydrogens is 374 g/mol. The topological polar surface area (TPSA) is 44.5 Å². The summed E-state index contributed by atoms with van der Waals surface area (Å²) in [5.41, 5.74) is 2.15. The molecule has 0 unspecified atom stereocenters. The lowest BCUT2D eigenvalue weighted by atomic mass is 9.70. The molecule has 5 atom stereocenters. The van der Waals surface area contributed by atoms with Crippen LogP contribution in [0.2, 0.25) is 0 Å². The number of benzene rings is 1. The lowest BCUT2D eigenvalue weighted by Gasteiger charge is -2.44. The first-order valence-electron chi connectivity index (χ1n) is 12.0. The molecule has 1 aromatic carbocycles. The zero-order chi connectivity index (χ0) is 20.9. The van der Waals surface area contributed by atoms with Gasteiger partial charge in [-0.1, -0.05) is 68.5 Å². The van der Waals surface area contributed by atoms with Crippen LogP contribution in [0.15, 0.2) is 43.0 Å². The van der Waals surface area contributed by atoms with Crippen molar-refractivity contribution in [3.8, 4) is 0 Å². The molecule has 0 radical (unpaired) electrons. The molecular formula is C26H37NO3. The van der Waals surface area contributed by atoms with Gasteiger partial charge in [0, 0.05) is 23.7 Å². The normalized spacial score (nSPS) is 33.2. The van der Waals surface area contributed by atoms with Gasteiger partial charge in [0.15, 0.2) is 6.29 Å². The average Bonchev–Trinajstić information content (AvgIpc) is 2.79. The van der Waals surface area contributed by atoms with Crippen LogP contribution in [0, 0.1) is 23.0 Å². The number of hydrogen-bond donors (Lipinski definition) is 0. The lowest BCUT2D eigenvalue weighted by Crippen LogP contribution is -2.49. The van der Waals surface area contributed by atoms with Gasteiger partial charge < -0.3 is 9.57 Å². The zero-order valence-corrected chi connectivity index (χ0v) is 18.4. The van der Waals surface area contributed by atoms with Gasteiger partial charge in [0.25, 0.3) is 0 Å². The Bertz CT molecular complexity index is 725. The van der Waals surface area contributed by atoms with Gasteiger partial charge in [-0.05, 0) is 43.6 Å². The molecule has 2 saturated carbocycles. The summed E-state index contributed by atoms with van der Waals surface area (Å²) in [6.07, 6.45) is 13.2. The van der Waals surface area contributed by atoms with Crippen molar-refractivity contribution in [1.29, 1.82) is 0 Å². The summed E-state index contributed by atoms with van der Waals surface area (Å²) in [7, 11) is 0. The highest BCUT2D eigenvalue weighted by Crippen LogP contribution is 2.43. The Kier molecular flexibility index (Phi) is 7.14. The fourth-order valence-corrected chi connectivity index (χ4v) is 6.13. The molecule has 1 heterocycles. The molecule has 0 aromatic heterocycles. The van der Waals surface area contributed by atoms with Gasteiger partial charge in [0.1, 0.15) is 0 Å². The van der Waals surface area contributed by atoms with E-state index in [-0.39, 0.29) is 17.9 Å². The molecule has 2 aliphatic carbocycles. The van der Waals surface area contributed by atoms with E-state index in [4.69, 9.17) is 9.57 Å². The first-order chi connectivity index (χ1) is 14.7. The van der Waals surface area contributed by atoms with Crippen molar-refractivity contribution in [3.63, 3.8) is 0 Å². The third-order valence-corrected chi connectivity index (χ3v) is 7.62. The van der Waals surface area contributed by atoms with Crippen molar-refractivity contribution < 1.29 is 14.5 Å². The number of allylic oxidation sites excluding steroid dienone is 1. The summed E-state index contributed by atoms with van der Waals surface area (Å²) < 4.78 is 6.68. The standard InChI is InChI=1S/C26H37NO3/c1-3-12-23-25(21-15-8-5-9-16-21)19(2)27(28)30-26(23)29-24-18-11-10-17-22(24)20-13-6-4-7-14-20/h3-4,6-7,13-14,21-26H,1,5,8-12,15-18H2,2H3/t22-,23-,24+,25+,26-/m0/s1. The fourth-order valence-electron chi connectivity index (χ4n) is 6.13. The van der Waals surface area contributed by atoms with Gasteiger partial charge in [0.2, 0.25) is 5.71 Å². The Morgan fingerprint density at radius 1 is 1.07 bits per heavy atom. The summed E-state index contributed by atoms with van der Waals surface area (Å²) in [6.45, 7) is 5.96. The van der Waals surface area contributed by atoms with E-state index in [1.807, 2.05) is 13.0 Å². The number of nitrogens with zero attached hydrogens (tertiary/aromatic N) is 1. The average molecular weight is 412 g/mol. The minimum Gasteiger partial charge on any atom is -0.372 e. The van der Waals surface area contributed by atoms with Gasteiger partial charge in [-0.2, -0.15) is 0 Å². The van der Waals surface area contributed by atoms with E-state index in [9.17, 15) is 5.21 Å². The van der Waals surface area contributed by atoms with E-state index >= 15 is 0 Å². The molecule has 0 bridgehead atoms. The van der Waals surface area contributed by atoms with Crippen LogP contribution in [-0.2, 0) is 9.57 Å². The van der Waals surface area contributed by atoms with Crippen molar-refractivity contribution >= 4 is 5.71 Å². The number of ether oxygens (including phenoxy) is 1. The van der Waals surface area contributed by atoms with Gasteiger partial charge >= 0.3 is 0 Å². The molecule has 4 heteroatoms. The summed E-state index contributed by atoms with van der Waals surface area (Å²) in [5, 5.41) is 12.8. The molecule has 0 amide bonds. The van der Waals surface area contributed by atoms with Crippen LogP contribution in [0.4, 0.5) is 0 Å². The molecule has 0 N–H and O–H groups in total. The summed E-state index contributed by atoms with van der Waals surface area (Å²) in [4.78, 5) is 6.61. The minimum absolute atomic E-state index is 0.0947. The van der Waals surface area contributed by atoms with E-state index in [2.05, 4.69) is 36.9 Å². The fraction of sp³-hybridized carbons (Fsp3) is 0.654. The highest BCUT2D eigenvalue weighted by atomic mass is 16.9. The van der Waals surface area contributed by atoms with Crippen molar-refractivity contribution in [2.45, 2.75) is 89.4 Å². The number of rotatable bonds is 6. The van der Waals surface area contributed by atoms with E-state index in [1.54, 1.807) is 0 Å². The van der Waals surface area contributed by atoms with Crippen LogP contribution >= 0.6 is 0 Å². The molecule has 164 valence electrons. The molecule has 1 aromatic rings. The van der Waals surface area contributed by atoms with Gasteiger partial charge in [-0.25, -0.2) is 0 Å². The maximum atomic E-state index is 12.8. The summed E-state index contributed by atoms with van der Waals surface area (Å²) in [5.74, 6) is 1.30. The molecule has 0 spiro atoms. The van der Waals surface area contributed by atoms with Crippen LogP contribution < -0.4 is 0 Å². The molecule has 2 fully saturated rings. The first kappa shape index (κ1) is 21.4. The monoisotopic (exact) mass is 411 g/mol. The van der Waals surface area contributed by atoms with Gasteiger partial charge in [-0.15, -0.1) is 6.58 Å². The predicted molar refractivity (Wildman–Crippen MR) is 120 cm³/mol. The van der Waals surface area contributed by atoms with Crippen molar-refractivity contribution in [2.24, 2.45) is 17.8 Å². The van der Waals surface area contributed by atoms with Crippen LogP contribution in [0.3, 0.4) is 0 Å². The maximum Gasteiger partial charge on any atom is 0.222 e.